The van der Waals surface area contributed by atoms with Gasteiger partial charge < -0.3 is 11.1 Å². The fraction of sp³-hybridized carbons (Fsp3) is 0.562. The van der Waals surface area contributed by atoms with Gasteiger partial charge in [0.1, 0.15) is 0 Å². The Hall–Kier alpha value is -1.03. The van der Waals surface area contributed by atoms with E-state index in [2.05, 4.69) is 47.2 Å². The molecule has 0 fully saturated rings. The Morgan fingerprint density at radius 2 is 2.05 bits per heavy atom. The lowest BCUT2D eigenvalue weighted by Crippen LogP contribution is -2.48. The summed E-state index contributed by atoms with van der Waals surface area (Å²) in [4.78, 5) is 11.4. The zero-order valence-corrected chi connectivity index (χ0v) is 14.0. The Bertz CT molecular complexity index is 436. The summed E-state index contributed by atoms with van der Waals surface area (Å²) in [5.41, 5.74) is 6.16. The van der Waals surface area contributed by atoms with E-state index in [1.807, 2.05) is 12.1 Å². The average Bonchev–Trinajstić information content (AvgIpc) is 2.42. The van der Waals surface area contributed by atoms with E-state index in [4.69, 9.17) is 5.73 Å². The van der Waals surface area contributed by atoms with Crippen molar-refractivity contribution in [3.8, 4) is 0 Å². The van der Waals surface area contributed by atoms with Gasteiger partial charge in [0.15, 0.2) is 0 Å². The van der Waals surface area contributed by atoms with Crippen molar-refractivity contribution in [1.29, 1.82) is 0 Å². The Balaban J connectivity index is 2.95. The van der Waals surface area contributed by atoms with Crippen LogP contribution >= 0.6 is 15.9 Å². The summed E-state index contributed by atoms with van der Waals surface area (Å²) in [5, 5.41) is 2.98. The van der Waals surface area contributed by atoms with E-state index in [1.54, 1.807) is 0 Å². The molecule has 0 spiro atoms. The minimum atomic E-state index is -0.456. The number of hydrogen-bond acceptors (Lipinski definition) is 1. The number of nitrogens with one attached hydrogen (secondary N) is 1. The Morgan fingerprint density at radius 3 is 2.60 bits per heavy atom. The molecule has 1 aromatic carbocycles. The molecule has 1 aromatic rings. The van der Waals surface area contributed by atoms with Gasteiger partial charge in [0, 0.05) is 4.47 Å². The smallest absolute Gasteiger partial charge is 0.312 e. The third kappa shape index (κ3) is 4.82. The van der Waals surface area contributed by atoms with Gasteiger partial charge in [-0.3, -0.25) is 0 Å². The minimum Gasteiger partial charge on any atom is -0.352 e. The van der Waals surface area contributed by atoms with Crippen molar-refractivity contribution < 1.29 is 4.79 Å². The number of amides is 2. The van der Waals surface area contributed by atoms with Crippen molar-refractivity contribution in [2.75, 3.05) is 0 Å². The van der Waals surface area contributed by atoms with Crippen LogP contribution < -0.4 is 11.1 Å². The molecule has 0 saturated heterocycles. The molecule has 0 aliphatic carbocycles. The number of nitrogens with two attached hydrogens (primary N) is 1. The molecule has 0 aliphatic rings. The third-order valence-corrected chi connectivity index (χ3v) is 4.29. The van der Waals surface area contributed by atoms with Crippen molar-refractivity contribution in [1.82, 2.24) is 5.32 Å². The van der Waals surface area contributed by atoms with Gasteiger partial charge in [-0.15, -0.1) is 0 Å². The van der Waals surface area contributed by atoms with E-state index in [0.29, 0.717) is 0 Å². The molecular weight excluding hydrogens is 316 g/mol. The highest BCUT2D eigenvalue weighted by atomic mass is 79.9. The van der Waals surface area contributed by atoms with Crippen LogP contribution in [-0.2, 0) is 5.54 Å². The summed E-state index contributed by atoms with van der Waals surface area (Å²) in [7, 11) is 0. The van der Waals surface area contributed by atoms with Crippen LogP contribution in [0.1, 0.15) is 57.9 Å². The maximum atomic E-state index is 11.4. The Labute approximate surface area is 130 Å². The fourth-order valence-electron chi connectivity index (χ4n) is 2.62. The zero-order valence-electron chi connectivity index (χ0n) is 12.4. The predicted octanol–water partition coefficient (Wildman–Crippen LogP) is 4.69. The molecule has 1 unspecified atom stereocenters. The molecule has 20 heavy (non-hydrogen) atoms. The summed E-state index contributed by atoms with van der Waals surface area (Å²) >= 11 is 3.50. The summed E-state index contributed by atoms with van der Waals surface area (Å²) in [6.45, 7) is 4.29. The number of rotatable bonds is 8. The van der Waals surface area contributed by atoms with Gasteiger partial charge in [0.2, 0.25) is 0 Å². The van der Waals surface area contributed by atoms with Crippen LogP contribution in [0.15, 0.2) is 28.7 Å². The summed E-state index contributed by atoms with van der Waals surface area (Å²) < 4.78 is 1.02. The normalized spacial score (nSPS) is 13.8. The maximum absolute atomic E-state index is 11.4. The molecule has 0 radical (unpaired) electrons. The van der Waals surface area contributed by atoms with Gasteiger partial charge in [-0.1, -0.05) is 67.6 Å². The maximum Gasteiger partial charge on any atom is 0.312 e. The molecule has 1 rings (SSSR count). The number of benzene rings is 1. The Kier molecular flexibility index (Phi) is 7.06. The summed E-state index contributed by atoms with van der Waals surface area (Å²) in [5.74, 6) is 0. The second-order valence-corrected chi connectivity index (χ2v) is 6.16. The van der Waals surface area contributed by atoms with Crippen LogP contribution in [0.5, 0.6) is 0 Å². The monoisotopic (exact) mass is 340 g/mol. The van der Waals surface area contributed by atoms with Crippen molar-refractivity contribution in [2.24, 2.45) is 5.73 Å². The van der Waals surface area contributed by atoms with E-state index in [-0.39, 0.29) is 5.54 Å². The van der Waals surface area contributed by atoms with E-state index < -0.39 is 6.03 Å². The van der Waals surface area contributed by atoms with Crippen LogP contribution in [0.3, 0.4) is 0 Å². The molecule has 4 heteroatoms. The third-order valence-electron chi connectivity index (χ3n) is 3.80. The highest BCUT2D eigenvalue weighted by molar-refractivity contribution is 9.10. The van der Waals surface area contributed by atoms with Crippen LogP contribution in [-0.4, -0.2) is 6.03 Å². The largest absolute Gasteiger partial charge is 0.352 e. The number of halogens is 1. The van der Waals surface area contributed by atoms with Gasteiger partial charge in [0.25, 0.3) is 0 Å². The number of primary amides is 1. The van der Waals surface area contributed by atoms with Crippen molar-refractivity contribution in [3.63, 3.8) is 0 Å². The predicted molar refractivity (Wildman–Crippen MR) is 87.6 cm³/mol. The van der Waals surface area contributed by atoms with Gasteiger partial charge >= 0.3 is 6.03 Å². The van der Waals surface area contributed by atoms with Gasteiger partial charge in [-0.25, -0.2) is 4.79 Å². The highest BCUT2D eigenvalue weighted by Crippen LogP contribution is 2.32. The standard InChI is InChI=1S/C16H25BrN2O/c1-3-5-6-7-11-16(4-2,19-15(18)20)13-9-8-10-14(17)12-13/h8-10,12H,3-7,11H2,1-2H3,(H3,18,19,20). The lowest BCUT2D eigenvalue weighted by Gasteiger charge is -2.34. The molecular formula is C16H25BrN2O. The lowest BCUT2D eigenvalue weighted by atomic mass is 9.82. The van der Waals surface area contributed by atoms with Crippen LogP contribution in [0.2, 0.25) is 0 Å². The second-order valence-electron chi connectivity index (χ2n) is 5.25. The first-order valence-electron chi connectivity index (χ1n) is 7.37. The molecule has 1 atom stereocenters. The first-order valence-corrected chi connectivity index (χ1v) is 8.17. The topological polar surface area (TPSA) is 55.1 Å². The summed E-state index contributed by atoms with van der Waals surface area (Å²) in [6, 6.07) is 7.66. The quantitative estimate of drug-likeness (QED) is 0.662. The molecule has 0 heterocycles. The van der Waals surface area contributed by atoms with Crippen LogP contribution in [0.4, 0.5) is 4.79 Å². The first kappa shape index (κ1) is 17.0. The lowest BCUT2D eigenvalue weighted by molar-refractivity contribution is 0.225. The van der Waals surface area contributed by atoms with E-state index >= 15 is 0 Å². The second kappa shape index (κ2) is 8.30. The number of unbranched alkanes of at least 4 members (excludes halogenated alkanes) is 3. The molecule has 3 N–H and O–H groups in total. The SMILES string of the molecule is CCCCCCC(CC)(NC(N)=O)c1cccc(Br)c1. The van der Waals surface area contributed by atoms with Gasteiger partial charge in [0.05, 0.1) is 5.54 Å². The van der Waals surface area contributed by atoms with Gasteiger partial charge in [-0.2, -0.15) is 0 Å². The molecule has 2 amide bonds. The molecule has 0 bridgehead atoms. The minimum absolute atomic E-state index is 0.358. The van der Waals surface area contributed by atoms with E-state index in [0.717, 1.165) is 29.3 Å². The average molecular weight is 341 g/mol. The number of hydrogen-bond donors (Lipinski definition) is 2. The van der Waals surface area contributed by atoms with E-state index in [9.17, 15) is 4.79 Å². The molecule has 0 aliphatic heterocycles. The Morgan fingerprint density at radius 1 is 1.30 bits per heavy atom. The van der Waals surface area contributed by atoms with Crippen LogP contribution in [0.25, 0.3) is 0 Å². The molecule has 112 valence electrons. The van der Waals surface area contributed by atoms with Crippen molar-refractivity contribution in [2.45, 2.75) is 57.9 Å². The highest BCUT2D eigenvalue weighted by Gasteiger charge is 2.31. The number of urea groups is 1. The zero-order chi connectivity index (χ0) is 15.0. The van der Waals surface area contributed by atoms with E-state index in [1.165, 1.54) is 19.3 Å². The van der Waals surface area contributed by atoms with Crippen molar-refractivity contribution in [3.05, 3.63) is 34.3 Å². The molecule has 0 saturated carbocycles. The van der Waals surface area contributed by atoms with Crippen LogP contribution in [0, 0.1) is 0 Å². The fourth-order valence-corrected chi connectivity index (χ4v) is 3.02. The number of carbonyl (C=O) groups excluding carboxylic acids is 1. The van der Waals surface area contributed by atoms with Gasteiger partial charge in [-0.05, 0) is 30.5 Å². The number of carbonyl (C=O) groups is 1. The van der Waals surface area contributed by atoms with Crippen molar-refractivity contribution >= 4 is 22.0 Å². The first-order chi connectivity index (χ1) is 9.54. The molecule has 0 aromatic heterocycles. The summed E-state index contributed by atoms with van der Waals surface area (Å²) in [6.07, 6.45) is 6.47. The molecule has 3 nitrogen and oxygen atoms in total.